The van der Waals surface area contributed by atoms with Crippen LogP contribution in [0, 0.1) is 5.82 Å². The lowest BCUT2D eigenvalue weighted by atomic mass is 9.93. The number of anilines is 1. The highest BCUT2D eigenvalue weighted by molar-refractivity contribution is 6.13. The van der Waals surface area contributed by atoms with Gasteiger partial charge in [0.15, 0.2) is 5.78 Å². The van der Waals surface area contributed by atoms with Crippen molar-refractivity contribution in [2.75, 3.05) is 5.32 Å². The number of ether oxygens (including phenoxy) is 1. The van der Waals surface area contributed by atoms with Gasteiger partial charge < -0.3 is 15.0 Å². The fourth-order valence-electron chi connectivity index (χ4n) is 2.84. The van der Waals surface area contributed by atoms with Crippen LogP contribution in [0.1, 0.15) is 53.1 Å². The Labute approximate surface area is 139 Å². The van der Waals surface area contributed by atoms with Crippen molar-refractivity contribution >= 4 is 17.4 Å². The molecule has 3 rings (SSSR count). The van der Waals surface area contributed by atoms with E-state index in [1.807, 2.05) is 13.8 Å². The molecule has 0 radical (unpaired) electrons. The first kappa shape index (κ1) is 16.2. The summed E-state index contributed by atoms with van der Waals surface area (Å²) in [4.78, 5) is 27.4. The molecule has 0 aliphatic heterocycles. The van der Waals surface area contributed by atoms with Crippen molar-refractivity contribution in [2.45, 2.75) is 39.2 Å². The molecule has 0 fully saturated rings. The molecule has 0 atom stereocenters. The van der Waals surface area contributed by atoms with E-state index in [9.17, 15) is 14.0 Å². The number of aryl methyl sites for hydroxylation is 1. The molecule has 5 nitrogen and oxygen atoms in total. The van der Waals surface area contributed by atoms with Crippen LogP contribution in [0.25, 0.3) is 0 Å². The van der Waals surface area contributed by atoms with Crippen LogP contribution in [-0.2, 0) is 6.42 Å². The van der Waals surface area contributed by atoms with Crippen LogP contribution in [0.5, 0.6) is 5.75 Å². The lowest BCUT2D eigenvalue weighted by Crippen LogP contribution is -2.18. The first-order chi connectivity index (χ1) is 11.5. The van der Waals surface area contributed by atoms with Gasteiger partial charge in [-0.2, -0.15) is 0 Å². The molecule has 0 unspecified atom stereocenters. The minimum absolute atomic E-state index is 0.0503. The first-order valence-electron chi connectivity index (χ1n) is 7.96. The highest BCUT2D eigenvalue weighted by Gasteiger charge is 2.26. The number of aromatic amines is 1. The molecule has 1 amide bonds. The molecule has 0 saturated carbocycles. The summed E-state index contributed by atoms with van der Waals surface area (Å²) in [6.45, 7) is 3.69. The Morgan fingerprint density at radius 1 is 1.33 bits per heavy atom. The second-order valence-corrected chi connectivity index (χ2v) is 6.10. The van der Waals surface area contributed by atoms with Crippen molar-refractivity contribution in [1.29, 1.82) is 0 Å². The van der Waals surface area contributed by atoms with Crippen LogP contribution in [0.4, 0.5) is 10.1 Å². The lowest BCUT2D eigenvalue weighted by Gasteiger charge is -2.13. The number of amides is 1. The summed E-state index contributed by atoms with van der Waals surface area (Å²) in [6, 6.07) is 4.27. The second kappa shape index (κ2) is 6.47. The van der Waals surface area contributed by atoms with Gasteiger partial charge in [0, 0.05) is 24.4 Å². The van der Waals surface area contributed by atoms with E-state index in [4.69, 9.17) is 4.74 Å². The highest BCUT2D eigenvalue weighted by Crippen LogP contribution is 2.26. The third-order valence-corrected chi connectivity index (χ3v) is 3.88. The molecule has 1 aromatic heterocycles. The molecule has 2 aromatic rings. The summed E-state index contributed by atoms with van der Waals surface area (Å²) in [5.74, 6) is -0.741. The summed E-state index contributed by atoms with van der Waals surface area (Å²) < 4.78 is 19.6. The van der Waals surface area contributed by atoms with Crippen molar-refractivity contribution in [3.8, 4) is 5.75 Å². The monoisotopic (exact) mass is 330 g/mol. The van der Waals surface area contributed by atoms with Crippen LogP contribution >= 0.6 is 0 Å². The average molecular weight is 330 g/mol. The van der Waals surface area contributed by atoms with Crippen LogP contribution in [0.2, 0.25) is 0 Å². The lowest BCUT2D eigenvalue weighted by molar-refractivity contribution is 0.0956. The molecule has 0 bridgehead atoms. The number of hydrogen-bond donors (Lipinski definition) is 2. The molecule has 2 N–H and O–H groups in total. The molecule has 1 aromatic carbocycles. The van der Waals surface area contributed by atoms with Gasteiger partial charge in [0.05, 0.1) is 22.9 Å². The predicted molar refractivity (Wildman–Crippen MR) is 88.2 cm³/mol. The Bertz CT molecular complexity index is 796. The number of nitrogens with one attached hydrogen (secondary N) is 2. The predicted octanol–water partition coefficient (Wildman–Crippen LogP) is 3.71. The summed E-state index contributed by atoms with van der Waals surface area (Å²) in [5.41, 5.74) is 1.52. The van der Waals surface area contributed by atoms with Crippen molar-refractivity contribution in [3.05, 3.63) is 47.0 Å². The molecular weight excluding hydrogens is 311 g/mol. The number of H-pyrrole nitrogens is 1. The SMILES string of the molecule is CC(C)Oc1ccc(NC(=O)c2c[nH]c3c2C(=O)CCC3)c(F)c1. The largest absolute Gasteiger partial charge is 0.491 e. The van der Waals surface area contributed by atoms with Gasteiger partial charge in [0.1, 0.15) is 11.6 Å². The van der Waals surface area contributed by atoms with E-state index >= 15 is 0 Å². The van der Waals surface area contributed by atoms with E-state index < -0.39 is 11.7 Å². The molecule has 0 saturated heterocycles. The molecule has 1 aliphatic rings. The maximum absolute atomic E-state index is 14.1. The van der Waals surface area contributed by atoms with E-state index in [1.54, 1.807) is 6.07 Å². The molecular formula is C18H19FN2O3. The minimum Gasteiger partial charge on any atom is -0.491 e. The number of ketones is 1. The zero-order valence-electron chi connectivity index (χ0n) is 13.6. The van der Waals surface area contributed by atoms with E-state index in [2.05, 4.69) is 10.3 Å². The first-order valence-corrected chi connectivity index (χ1v) is 7.96. The summed E-state index contributed by atoms with van der Waals surface area (Å²) in [6.07, 6.45) is 3.39. The van der Waals surface area contributed by atoms with Gasteiger partial charge in [-0.3, -0.25) is 9.59 Å². The van der Waals surface area contributed by atoms with E-state index in [-0.39, 0.29) is 23.1 Å². The van der Waals surface area contributed by atoms with Crippen LogP contribution < -0.4 is 10.1 Å². The zero-order valence-corrected chi connectivity index (χ0v) is 13.6. The Hall–Kier alpha value is -2.63. The van der Waals surface area contributed by atoms with Crippen molar-refractivity contribution in [3.63, 3.8) is 0 Å². The second-order valence-electron chi connectivity index (χ2n) is 6.10. The van der Waals surface area contributed by atoms with E-state index in [1.165, 1.54) is 18.3 Å². The Kier molecular flexibility index (Phi) is 4.38. The summed E-state index contributed by atoms with van der Waals surface area (Å²) >= 11 is 0. The number of aromatic nitrogens is 1. The third-order valence-electron chi connectivity index (χ3n) is 3.88. The van der Waals surface area contributed by atoms with Crippen molar-refractivity contribution in [2.24, 2.45) is 0 Å². The quantitative estimate of drug-likeness (QED) is 0.897. The normalized spacial score (nSPS) is 13.8. The minimum atomic E-state index is -0.586. The van der Waals surface area contributed by atoms with Gasteiger partial charge in [-0.1, -0.05) is 0 Å². The van der Waals surface area contributed by atoms with Gasteiger partial charge in [0.25, 0.3) is 5.91 Å². The Morgan fingerprint density at radius 2 is 2.12 bits per heavy atom. The molecule has 24 heavy (non-hydrogen) atoms. The number of carbonyl (C=O) groups is 2. The maximum atomic E-state index is 14.1. The van der Waals surface area contributed by atoms with Gasteiger partial charge in [-0.05, 0) is 38.8 Å². The smallest absolute Gasteiger partial charge is 0.258 e. The topological polar surface area (TPSA) is 71.2 Å². The van der Waals surface area contributed by atoms with E-state index in [0.717, 1.165) is 18.5 Å². The van der Waals surface area contributed by atoms with Gasteiger partial charge in [-0.25, -0.2) is 4.39 Å². The van der Waals surface area contributed by atoms with Crippen molar-refractivity contribution < 1.29 is 18.7 Å². The van der Waals surface area contributed by atoms with Crippen LogP contribution in [0.15, 0.2) is 24.4 Å². The molecule has 6 heteroatoms. The van der Waals surface area contributed by atoms with Crippen LogP contribution in [0.3, 0.4) is 0 Å². The number of rotatable bonds is 4. The number of hydrogen-bond acceptors (Lipinski definition) is 3. The average Bonchev–Trinajstić information content (AvgIpc) is 2.95. The third kappa shape index (κ3) is 3.18. The zero-order chi connectivity index (χ0) is 17.3. The number of carbonyl (C=O) groups excluding carboxylic acids is 2. The molecule has 1 heterocycles. The fourth-order valence-corrected chi connectivity index (χ4v) is 2.84. The van der Waals surface area contributed by atoms with Crippen molar-refractivity contribution in [1.82, 2.24) is 4.98 Å². The molecule has 0 spiro atoms. The number of fused-ring (bicyclic) bond motifs is 1. The number of halogens is 1. The highest BCUT2D eigenvalue weighted by atomic mass is 19.1. The molecule has 1 aliphatic carbocycles. The fraction of sp³-hybridized carbons (Fsp3) is 0.333. The Balaban J connectivity index is 1.81. The summed E-state index contributed by atoms with van der Waals surface area (Å²) in [7, 11) is 0. The standard InChI is InChI=1S/C18H19FN2O3/c1-10(2)24-11-6-7-14(13(19)8-11)21-18(23)12-9-20-15-4-3-5-16(22)17(12)15/h6-10,20H,3-5H2,1-2H3,(H,21,23). The van der Waals surface area contributed by atoms with E-state index in [0.29, 0.717) is 17.7 Å². The Morgan fingerprint density at radius 3 is 2.83 bits per heavy atom. The number of Topliss-reactive ketones (excluding diaryl/α,β-unsaturated/α-hetero) is 1. The van der Waals surface area contributed by atoms with Crippen LogP contribution in [-0.4, -0.2) is 22.8 Å². The summed E-state index contributed by atoms with van der Waals surface area (Å²) in [5, 5.41) is 2.52. The number of benzene rings is 1. The van der Waals surface area contributed by atoms with Gasteiger partial charge in [0.2, 0.25) is 0 Å². The van der Waals surface area contributed by atoms with Gasteiger partial charge in [-0.15, -0.1) is 0 Å². The van der Waals surface area contributed by atoms with Gasteiger partial charge >= 0.3 is 0 Å². The maximum Gasteiger partial charge on any atom is 0.258 e. The molecule has 126 valence electrons.